The van der Waals surface area contributed by atoms with E-state index in [1.807, 2.05) is 11.8 Å². The Labute approximate surface area is 115 Å². The summed E-state index contributed by atoms with van der Waals surface area (Å²) in [6, 6.07) is 0.623. The van der Waals surface area contributed by atoms with Crippen LogP contribution in [0.3, 0.4) is 0 Å². The summed E-state index contributed by atoms with van der Waals surface area (Å²) in [7, 11) is 1.45. The van der Waals surface area contributed by atoms with Gasteiger partial charge in [0.1, 0.15) is 0 Å². The smallest absolute Gasteiger partial charge is 0.306 e. The predicted molar refractivity (Wildman–Crippen MR) is 78.0 cm³/mol. The number of nitrogens with one attached hydrogen (secondary N) is 1. The maximum atomic E-state index is 11.0. The van der Waals surface area contributed by atoms with Crippen molar-refractivity contribution in [1.82, 2.24) is 5.32 Å². The number of methoxy groups -OCH3 is 1. The largest absolute Gasteiger partial charge is 0.469 e. The van der Waals surface area contributed by atoms with Crippen LogP contribution in [0.5, 0.6) is 0 Å². The molecule has 1 atom stereocenters. The van der Waals surface area contributed by atoms with Gasteiger partial charge in [0, 0.05) is 17.5 Å². The zero-order chi connectivity index (χ0) is 13.2. The van der Waals surface area contributed by atoms with Crippen LogP contribution >= 0.6 is 11.8 Å². The van der Waals surface area contributed by atoms with Gasteiger partial charge in [-0.1, -0.05) is 26.2 Å². The van der Waals surface area contributed by atoms with Crippen LogP contribution in [0.1, 0.15) is 45.4 Å². The first-order valence-electron chi connectivity index (χ1n) is 7.15. The molecule has 1 rings (SSSR count). The summed E-state index contributed by atoms with van der Waals surface area (Å²) in [6.07, 6.45) is 7.46. The van der Waals surface area contributed by atoms with Crippen LogP contribution in [0, 0.1) is 5.92 Å². The molecule has 1 unspecified atom stereocenters. The number of ether oxygens (including phenoxy) is 1. The molecule has 3 nitrogen and oxygen atoms in total. The second-order valence-corrected chi connectivity index (χ2v) is 6.11. The molecule has 1 saturated carbocycles. The van der Waals surface area contributed by atoms with Crippen molar-refractivity contribution in [1.29, 1.82) is 0 Å². The first kappa shape index (κ1) is 15.8. The summed E-state index contributed by atoms with van der Waals surface area (Å²) in [5, 5.41) is 3.62. The van der Waals surface area contributed by atoms with Crippen LogP contribution in [0.2, 0.25) is 0 Å². The highest BCUT2D eigenvalue weighted by molar-refractivity contribution is 7.99. The fourth-order valence-electron chi connectivity index (χ4n) is 2.63. The van der Waals surface area contributed by atoms with E-state index in [1.54, 1.807) is 0 Å². The minimum Gasteiger partial charge on any atom is -0.469 e. The Morgan fingerprint density at radius 1 is 1.39 bits per heavy atom. The van der Waals surface area contributed by atoms with E-state index in [-0.39, 0.29) is 5.97 Å². The van der Waals surface area contributed by atoms with Crippen LogP contribution in [0.4, 0.5) is 0 Å². The maximum absolute atomic E-state index is 11.0. The molecule has 0 aromatic rings. The van der Waals surface area contributed by atoms with E-state index >= 15 is 0 Å². The van der Waals surface area contributed by atoms with Gasteiger partial charge in [0.25, 0.3) is 0 Å². The fourth-order valence-corrected chi connectivity index (χ4v) is 3.75. The van der Waals surface area contributed by atoms with Crippen LogP contribution in [-0.2, 0) is 9.53 Å². The third-order valence-electron chi connectivity index (χ3n) is 3.66. The normalized spacial score (nSPS) is 18.6. The SMILES string of the molecule is CCNC(CSCCC(=O)OC)C1CCCCC1. The Morgan fingerprint density at radius 3 is 2.72 bits per heavy atom. The highest BCUT2D eigenvalue weighted by atomic mass is 32.2. The molecule has 0 bridgehead atoms. The fraction of sp³-hybridized carbons (Fsp3) is 0.929. The number of hydrogen-bond donors (Lipinski definition) is 1. The van der Waals surface area contributed by atoms with Gasteiger partial charge in [-0.3, -0.25) is 4.79 Å². The second kappa shape index (κ2) is 9.68. The van der Waals surface area contributed by atoms with Crippen molar-refractivity contribution in [3.63, 3.8) is 0 Å². The summed E-state index contributed by atoms with van der Waals surface area (Å²) >= 11 is 1.88. The van der Waals surface area contributed by atoms with Crippen molar-refractivity contribution >= 4 is 17.7 Å². The summed E-state index contributed by atoms with van der Waals surface area (Å²) in [4.78, 5) is 11.0. The Balaban J connectivity index is 2.22. The number of esters is 1. The van der Waals surface area contributed by atoms with E-state index in [2.05, 4.69) is 17.0 Å². The molecule has 0 saturated heterocycles. The molecule has 1 N–H and O–H groups in total. The van der Waals surface area contributed by atoms with E-state index < -0.39 is 0 Å². The third kappa shape index (κ3) is 6.10. The molecule has 1 fully saturated rings. The summed E-state index contributed by atoms with van der Waals surface area (Å²) < 4.78 is 4.65. The standard InChI is InChI=1S/C14H27NO2S/c1-3-15-13(12-7-5-4-6-8-12)11-18-10-9-14(16)17-2/h12-13,15H,3-11H2,1-2H3. The van der Waals surface area contributed by atoms with Crippen molar-refractivity contribution in [2.24, 2.45) is 5.92 Å². The molecule has 0 aromatic heterocycles. The van der Waals surface area contributed by atoms with Crippen molar-refractivity contribution < 1.29 is 9.53 Å². The first-order chi connectivity index (χ1) is 8.77. The van der Waals surface area contributed by atoms with Gasteiger partial charge in [0.15, 0.2) is 0 Å². The summed E-state index contributed by atoms with van der Waals surface area (Å²) in [5.41, 5.74) is 0. The molecule has 1 aliphatic rings. The lowest BCUT2D eigenvalue weighted by molar-refractivity contribution is -0.140. The van der Waals surface area contributed by atoms with Gasteiger partial charge in [-0.2, -0.15) is 11.8 Å². The van der Waals surface area contributed by atoms with E-state index in [9.17, 15) is 4.79 Å². The Bertz CT molecular complexity index is 230. The average molecular weight is 273 g/mol. The van der Waals surface area contributed by atoms with Crippen LogP contribution in [0.25, 0.3) is 0 Å². The molecule has 106 valence electrons. The Kier molecular flexibility index (Phi) is 8.51. The minimum atomic E-state index is -0.0971. The molecule has 0 radical (unpaired) electrons. The van der Waals surface area contributed by atoms with Crippen molar-refractivity contribution in [2.75, 3.05) is 25.2 Å². The molecule has 0 aliphatic heterocycles. The van der Waals surface area contributed by atoms with Crippen molar-refractivity contribution in [2.45, 2.75) is 51.5 Å². The van der Waals surface area contributed by atoms with Gasteiger partial charge < -0.3 is 10.1 Å². The Morgan fingerprint density at radius 2 is 2.11 bits per heavy atom. The van der Waals surface area contributed by atoms with Crippen LogP contribution in [-0.4, -0.2) is 37.2 Å². The lowest BCUT2D eigenvalue weighted by Crippen LogP contribution is -2.39. The van der Waals surface area contributed by atoms with Crippen molar-refractivity contribution in [3.8, 4) is 0 Å². The highest BCUT2D eigenvalue weighted by Gasteiger charge is 2.22. The Hall–Kier alpha value is -0.220. The lowest BCUT2D eigenvalue weighted by Gasteiger charge is -2.30. The number of thioether (sulfide) groups is 1. The summed E-state index contributed by atoms with van der Waals surface area (Å²) in [5.74, 6) is 2.74. The molecule has 4 heteroatoms. The van der Waals surface area contributed by atoms with Crippen molar-refractivity contribution in [3.05, 3.63) is 0 Å². The van der Waals surface area contributed by atoms with E-state index in [0.717, 1.165) is 24.0 Å². The number of hydrogen-bond acceptors (Lipinski definition) is 4. The highest BCUT2D eigenvalue weighted by Crippen LogP contribution is 2.28. The second-order valence-electron chi connectivity index (χ2n) is 4.96. The van der Waals surface area contributed by atoms with Gasteiger partial charge >= 0.3 is 5.97 Å². The van der Waals surface area contributed by atoms with E-state index in [0.29, 0.717) is 12.5 Å². The summed E-state index contributed by atoms with van der Waals surface area (Å²) in [6.45, 7) is 3.22. The molecule has 0 aromatic carbocycles. The zero-order valence-electron chi connectivity index (χ0n) is 11.7. The maximum Gasteiger partial charge on any atom is 0.306 e. The topological polar surface area (TPSA) is 38.3 Å². The quantitative estimate of drug-likeness (QED) is 0.545. The molecular weight excluding hydrogens is 246 g/mol. The van der Waals surface area contributed by atoms with Gasteiger partial charge in [-0.05, 0) is 25.3 Å². The molecule has 0 spiro atoms. The van der Waals surface area contributed by atoms with Crippen LogP contribution < -0.4 is 5.32 Å². The third-order valence-corrected chi connectivity index (χ3v) is 4.75. The van der Waals surface area contributed by atoms with Gasteiger partial charge in [-0.25, -0.2) is 0 Å². The average Bonchev–Trinajstić information content (AvgIpc) is 2.43. The number of carbonyl (C=O) groups is 1. The number of carbonyl (C=O) groups excluding carboxylic acids is 1. The number of rotatable bonds is 8. The lowest BCUT2D eigenvalue weighted by atomic mass is 9.84. The molecule has 0 amide bonds. The van der Waals surface area contributed by atoms with Gasteiger partial charge in [0.05, 0.1) is 13.5 Å². The zero-order valence-corrected chi connectivity index (χ0v) is 12.6. The van der Waals surface area contributed by atoms with Gasteiger partial charge in [-0.15, -0.1) is 0 Å². The monoisotopic (exact) mass is 273 g/mol. The van der Waals surface area contributed by atoms with Gasteiger partial charge in [0.2, 0.25) is 0 Å². The molecule has 1 aliphatic carbocycles. The molecule has 0 heterocycles. The predicted octanol–water partition coefficient (Wildman–Crippen LogP) is 2.84. The molecular formula is C14H27NO2S. The van der Waals surface area contributed by atoms with Crippen LogP contribution in [0.15, 0.2) is 0 Å². The van der Waals surface area contributed by atoms with E-state index in [1.165, 1.54) is 39.2 Å². The first-order valence-corrected chi connectivity index (χ1v) is 8.31. The minimum absolute atomic E-state index is 0.0971. The van der Waals surface area contributed by atoms with E-state index in [4.69, 9.17) is 0 Å². The molecule has 18 heavy (non-hydrogen) atoms.